The fourth-order valence-corrected chi connectivity index (χ4v) is 1.60. The highest BCUT2D eigenvalue weighted by Gasteiger charge is 2.40. The Balaban J connectivity index is 2.58. The van der Waals surface area contributed by atoms with Gasteiger partial charge >= 0.3 is 18.0 Å². The topological polar surface area (TPSA) is 52.3 Å². The van der Waals surface area contributed by atoms with Crippen LogP contribution in [0.3, 0.4) is 0 Å². The maximum Gasteiger partial charge on any atom is 0.468 e. The highest BCUT2D eigenvalue weighted by atomic mass is 35.5. The summed E-state index contributed by atoms with van der Waals surface area (Å²) in [6.45, 7) is 0. The van der Waals surface area contributed by atoms with Crippen LogP contribution in [0.1, 0.15) is 16.4 Å². The van der Waals surface area contributed by atoms with Crippen molar-refractivity contribution in [3.63, 3.8) is 0 Å². The van der Waals surface area contributed by atoms with Crippen LogP contribution in [0.4, 0.5) is 13.2 Å². The first-order valence-electron chi connectivity index (χ1n) is 5.25. The Labute approximate surface area is 116 Å². The second-order valence-corrected chi connectivity index (χ2v) is 4.13. The molecule has 2 rings (SSSR count). The molecule has 0 aliphatic heterocycles. The second-order valence-electron chi connectivity index (χ2n) is 3.69. The quantitative estimate of drug-likeness (QED) is 0.792. The summed E-state index contributed by atoms with van der Waals surface area (Å²) in [5, 5.41) is 0.396. The Morgan fingerprint density at radius 2 is 1.90 bits per heavy atom. The highest BCUT2D eigenvalue weighted by molar-refractivity contribution is 6.30. The number of aromatic nitrogens is 1. The predicted octanol–water partition coefficient (Wildman–Crippen LogP) is 3.80. The van der Waals surface area contributed by atoms with Gasteiger partial charge in [0.25, 0.3) is 0 Å². The number of methoxy groups -OCH3 is 1. The van der Waals surface area contributed by atoms with Crippen molar-refractivity contribution in [3.05, 3.63) is 40.9 Å². The van der Waals surface area contributed by atoms with Gasteiger partial charge in [-0.2, -0.15) is 13.2 Å². The number of carbonyl (C=O) groups is 1. The van der Waals surface area contributed by atoms with Crippen molar-refractivity contribution < 1.29 is 27.1 Å². The molecular formula is C12H7ClF3NO3. The molecule has 1 heterocycles. The van der Waals surface area contributed by atoms with Crippen molar-refractivity contribution in [2.75, 3.05) is 7.11 Å². The molecule has 4 nitrogen and oxygen atoms in total. The number of oxazole rings is 1. The first-order valence-corrected chi connectivity index (χ1v) is 5.63. The van der Waals surface area contributed by atoms with Crippen LogP contribution in [0.5, 0.6) is 0 Å². The number of rotatable bonds is 2. The fraction of sp³-hybridized carbons (Fsp3) is 0.167. The van der Waals surface area contributed by atoms with Gasteiger partial charge in [0.1, 0.15) is 5.69 Å². The zero-order valence-electron chi connectivity index (χ0n) is 9.99. The molecule has 8 heteroatoms. The summed E-state index contributed by atoms with van der Waals surface area (Å²) in [5.41, 5.74) is 0.00916. The Kier molecular flexibility index (Phi) is 3.71. The minimum atomic E-state index is -4.80. The van der Waals surface area contributed by atoms with Crippen LogP contribution in [0.2, 0.25) is 5.02 Å². The molecule has 2 aromatic rings. The van der Waals surface area contributed by atoms with E-state index in [0.717, 1.165) is 7.11 Å². The maximum atomic E-state index is 12.6. The standard InChI is InChI=1S/C12H7ClF3NO3/c1-19-10(18)9-8(6-2-4-7(13)5-3-6)17-11(20-9)12(14,15)16/h2-5H,1H3. The molecule has 0 unspecified atom stereocenters. The highest BCUT2D eigenvalue weighted by Crippen LogP contribution is 2.34. The van der Waals surface area contributed by atoms with Gasteiger partial charge in [-0.15, -0.1) is 0 Å². The third-order valence-corrected chi connectivity index (χ3v) is 2.61. The molecule has 0 saturated heterocycles. The van der Waals surface area contributed by atoms with Crippen LogP contribution < -0.4 is 0 Å². The number of carbonyl (C=O) groups excluding carboxylic acids is 1. The fourth-order valence-electron chi connectivity index (χ4n) is 1.48. The lowest BCUT2D eigenvalue weighted by molar-refractivity contribution is -0.157. The number of hydrogen-bond donors (Lipinski definition) is 0. The van der Waals surface area contributed by atoms with Gasteiger partial charge in [0.2, 0.25) is 5.76 Å². The average molecular weight is 306 g/mol. The second kappa shape index (κ2) is 5.16. The Morgan fingerprint density at radius 1 is 1.30 bits per heavy atom. The largest absolute Gasteiger partial charge is 0.468 e. The maximum absolute atomic E-state index is 12.6. The van der Waals surface area contributed by atoms with Crippen molar-refractivity contribution in [1.82, 2.24) is 4.98 Å². The summed E-state index contributed by atoms with van der Waals surface area (Å²) in [4.78, 5) is 14.8. The molecule has 0 aliphatic rings. The molecule has 0 saturated carbocycles. The Hall–Kier alpha value is -2.02. The summed E-state index contributed by atoms with van der Waals surface area (Å²) in [5.74, 6) is -3.16. The van der Waals surface area contributed by atoms with Crippen molar-refractivity contribution in [3.8, 4) is 11.3 Å². The zero-order chi connectivity index (χ0) is 14.9. The van der Waals surface area contributed by atoms with Gasteiger partial charge in [-0.3, -0.25) is 0 Å². The van der Waals surface area contributed by atoms with E-state index in [1.807, 2.05) is 0 Å². The van der Waals surface area contributed by atoms with Crippen molar-refractivity contribution in [1.29, 1.82) is 0 Å². The molecular weight excluding hydrogens is 299 g/mol. The number of hydrogen-bond acceptors (Lipinski definition) is 4. The van der Waals surface area contributed by atoms with Gasteiger partial charge in [0.05, 0.1) is 7.11 Å². The molecule has 0 bridgehead atoms. The van der Waals surface area contributed by atoms with Gasteiger partial charge in [0.15, 0.2) is 0 Å². The Morgan fingerprint density at radius 3 is 2.40 bits per heavy atom. The first kappa shape index (κ1) is 14.4. The molecule has 20 heavy (non-hydrogen) atoms. The lowest BCUT2D eigenvalue weighted by atomic mass is 10.1. The molecule has 106 valence electrons. The van der Waals surface area contributed by atoms with E-state index in [-0.39, 0.29) is 11.3 Å². The summed E-state index contributed by atoms with van der Waals surface area (Å²) in [6, 6.07) is 5.76. The van der Waals surface area contributed by atoms with Crippen molar-refractivity contribution in [2.45, 2.75) is 6.18 Å². The number of esters is 1. The van der Waals surface area contributed by atoms with E-state index in [1.165, 1.54) is 24.3 Å². The summed E-state index contributed by atoms with van der Waals surface area (Å²) < 4.78 is 46.7. The minimum absolute atomic E-state index is 0.249. The van der Waals surface area contributed by atoms with Gasteiger partial charge in [-0.05, 0) is 12.1 Å². The SMILES string of the molecule is COC(=O)c1oc(C(F)(F)F)nc1-c1ccc(Cl)cc1. The van der Waals surface area contributed by atoms with E-state index >= 15 is 0 Å². The van der Waals surface area contributed by atoms with Crippen LogP contribution in [0, 0.1) is 0 Å². The number of alkyl halides is 3. The van der Waals surface area contributed by atoms with Crippen LogP contribution in [0.25, 0.3) is 11.3 Å². The van der Waals surface area contributed by atoms with Crippen molar-refractivity contribution in [2.24, 2.45) is 0 Å². The predicted molar refractivity (Wildman–Crippen MR) is 63.3 cm³/mol. The molecule has 0 atom stereocenters. The van der Waals surface area contributed by atoms with Gasteiger partial charge in [-0.1, -0.05) is 23.7 Å². The number of ether oxygens (including phenoxy) is 1. The lowest BCUT2D eigenvalue weighted by Gasteiger charge is -1.99. The molecule has 0 amide bonds. The number of benzene rings is 1. The smallest absolute Gasteiger partial charge is 0.463 e. The molecule has 1 aromatic heterocycles. The normalized spacial score (nSPS) is 11.4. The van der Waals surface area contributed by atoms with Crippen LogP contribution >= 0.6 is 11.6 Å². The van der Waals surface area contributed by atoms with Crippen LogP contribution in [-0.4, -0.2) is 18.1 Å². The summed E-state index contributed by atoms with van der Waals surface area (Å²) in [7, 11) is 1.03. The van der Waals surface area contributed by atoms with E-state index < -0.39 is 23.8 Å². The molecule has 0 N–H and O–H groups in total. The molecule has 0 radical (unpaired) electrons. The van der Waals surface area contributed by atoms with E-state index in [4.69, 9.17) is 11.6 Å². The van der Waals surface area contributed by atoms with E-state index in [2.05, 4.69) is 14.1 Å². The lowest BCUT2D eigenvalue weighted by Crippen LogP contribution is -2.05. The van der Waals surface area contributed by atoms with E-state index in [9.17, 15) is 18.0 Å². The van der Waals surface area contributed by atoms with Crippen LogP contribution in [-0.2, 0) is 10.9 Å². The van der Waals surface area contributed by atoms with E-state index in [0.29, 0.717) is 5.02 Å². The number of nitrogens with zero attached hydrogens (tertiary/aromatic N) is 1. The molecule has 0 fully saturated rings. The van der Waals surface area contributed by atoms with Crippen molar-refractivity contribution >= 4 is 17.6 Å². The molecule has 0 spiro atoms. The van der Waals surface area contributed by atoms with E-state index in [1.54, 1.807) is 0 Å². The molecule has 1 aromatic carbocycles. The summed E-state index contributed by atoms with van der Waals surface area (Å²) >= 11 is 5.69. The molecule has 0 aliphatic carbocycles. The summed E-state index contributed by atoms with van der Waals surface area (Å²) in [6.07, 6.45) is -4.80. The van der Waals surface area contributed by atoms with Gasteiger partial charge in [0, 0.05) is 10.6 Å². The van der Waals surface area contributed by atoms with Gasteiger partial charge < -0.3 is 9.15 Å². The third-order valence-electron chi connectivity index (χ3n) is 2.36. The zero-order valence-corrected chi connectivity index (χ0v) is 10.7. The van der Waals surface area contributed by atoms with Crippen LogP contribution in [0.15, 0.2) is 28.7 Å². The van der Waals surface area contributed by atoms with Gasteiger partial charge in [-0.25, -0.2) is 9.78 Å². The average Bonchev–Trinajstić information content (AvgIpc) is 2.83. The monoisotopic (exact) mass is 305 g/mol. The number of halogens is 4. The Bertz CT molecular complexity index is 634. The first-order chi connectivity index (χ1) is 9.32. The third kappa shape index (κ3) is 2.77. The minimum Gasteiger partial charge on any atom is -0.463 e.